The fourth-order valence-electron chi connectivity index (χ4n) is 3.57. The number of rotatable bonds is 3. The van der Waals surface area contributed by atoms with Crippen molar-refractivity contribution >= 4 is 29.3 Å². The van der Waals surface area contributed by atoms with E-state index in [0.29, 0.717) is 25.1 Å². The van der Waals surface area contributed by atoms with Gasteiger partial charge in [-0.2, -0.15) is 0 Å². The van der Waals surface area contributed by atoms with E-state index in [2.05, 4.69) is 5.32 Å². The number of nitrogens with zero attached hydrogens (tertiary/aromatic N) is 1. The molecule has 1 aliphatic heterocycles. The molecule has 0 fully saturated rings. The first-order valence-corrected chi connectivity index (χ1v) is 8.66. The van der Waals surface area contributed by atoms with Gasteiger partial charge < -0.3 is 20.0 Å². The zero-order valence-electron chi connectivity index (χ0n) is 14.6. The number of hydrogen-bond acceptors (Lipinski definition) is 5. The summed E-state index contributed by atoms with van der Waals surface area (Å²) >= 11 is 0. The summed E-state index contributed by atoms with van der Waals surface area (Å²) in [4.78, 5) is 37.3. The van der Waals surface area contributed by atoms with Gasteiger partial charge in [-0.15, -0.1) is 0 Å². The van der Waals surface area contributed by atoms with E-state index in [1.54, 1.807) is 23.1 Å². The lowest BCUT2D eigenvalue weighted by atomic mass is 9.82. The third-order valence-electron chi connectivity index (χ3n) is 4.93. The maximum atomic E-state index is 12.5. The summed E-state index contributed by atoms with van der Waals surface area (Å²) < 4.78 is 4.80. The van der Waals surface area contributed by atoms with Crippen LogP contribution < -0.4 is 15.3 Å². The number of hydrogen-bond donors (Lipinski definition) is 1. The van der Waals surface area contributed by atoms with E-state index in [9.17, 15) is 19.5 Å². The number of anilines is 2. The Morgan fingerprint density at radius 2 is 1.92 bits per heavy atom. The van der Waals surface area contributed by atoms with Crippen molar-refractivity contribution in [3.8, 4) is 0 Å². The van der Waals surface area contributed by atoms with Gasteiger partial charge in [-0.25, -0.2) is 4.79 Å². The molecule has 1 aliphatic carbocycles. The fraction of sp³-hybridized carbons (Fsp3) is 0.421. The predicted molar refractivity (Wildman–Crippen MR) is 93.5 cm³/mol. The van der Waals surface area contributed by atoms with E-state index in [0.717, 1.165) is 24.1 Å². The van der Waals surface area contributed by atoms with Crippen molar-refractivity contribution in [1.82, 2.24) is 0 Å². The lowest BCUT2D eigenvalue weighted by molar-refractivity contribution is -0.313. The first-order valence-electron chi connectivity index (χ1n) is 8.66. The minimum absolute atomic E-state index is 0.304. The second-order valence-corrected chi connectivity index (χ2v) is 6.53. The number of carbonyl (C=O) groups excluding carboxylic acids is 3. The number of amides is 2. The molecule has 0 radical (unpaired) electrons. The van der Waals surface area contributed by atoms with Crippen molar-refractivity contribution < 1.29 is 24.2 Å². The summed E-state index contributed by atoms with van der Waals surface area (Å²) in [6.07, 6.45) is 5.47. The molecule has 1 aromatic rings. The quantitative estimate of drug-likeness (QED) is 0.826. The highest BCUT2D eigenvalue weighted by Crippen LogP contribution is 2.31. The van der Waals surface area contributed by atoms with Gasteiger partial charge in [0.05, 0.1) is 18.7 Å². The third-order valence-corrected chi connectivity index (χ3v) is 4.93. The fourth-order valence-corrected chi connectivity index (χ4v) is 3.57. The van der Waals surface area contributed by atoms with Crippen LogP contribution in [0.25, 0.3) is 0 Å². The second-order valence-electron chi connectivity index (χ2n) is 6.53. The molecule has 0 aromatic heterocycles. The standard InChI is InChI=1S/C19H22N2O5/c1-26-19(25)21-10-4-5-12-11-13(8-9-16(12)21)20-17(22)14-6-2-3-7-15(14)18(23)24/h2-3,8-9,11,14-15H,4-7,10H2,1H3,(H,20,22)(H,23,24)/p-1/t14-,15-/m1/s1. The molecule has 1 aromatic carbocycles. The van der Waals surface area contributed by atoms with E-state index >= 15 is 0 Å². The monoisotopic (exact) mass is 357 g/mol. The minimum Gasteiger partial charge on any atom is -0.550 e. The van der Waals surface area contributed by atoms with Gasteiger partial charge in [0.25, 0.3) is 0 Å². The Bertz CT molecular complexity index is 758. The molecule has 2 aliphatic rings. The highest BCUT2D eigenvalue weighted by molar-refractivity contribution is 5.96. The summed E-state index contributed by atoms with van der Waals surface area (Å²) in [7, 11) is 1.34. The molecule has 2 amide bonds. The van der Waals surface area contributed by atoms with Crippen LogP contribution in [-0.2, 0) is 20.7 Å². The summed E-state index contributed by atoms with van der Waals surface area (Å²) in [5.41, 5.74) is 2.31. The summed E-state index contributed by atoms with van der Waals surface area (Å²) in [5, 5.41) is 14.1. The second kappa shape index (κ2) is 7.59. The van der Waals surface area contributed by atoms with Gasteiger partial charge in [0.15, 0.2) is 0 Å². The smallest absolute Gasteiger partial charge is 0.414 e. The molecular formula is C19H21N2O5-. The van der Waals surface area contributed by atoms with Crippen molar-refractivity contribution in [2.45, 2.75) is 25.7 Å². The van der Waals surface area contributed by atoms with Crippen LogP contribution >= 0.6 is 0 Å². The molecule has 7 heteroatoms. The number of allylic oxidation sites excluding steroid dienone is 2. The maximum Gasteiger partial charge on any atom is 0.414 e. The number of ether oxygens (including phenoxy) is 1. The van der Waals surface area contributed by atoms with E-state index in [1.165, 1.54) is 7.11 Å². The molecule has 1 N–H and O–H groups in total. The average Bonchev–Trinajstić information content (AvgIpc) is 2.66. The summed E-state index contributed by atoms with van der Waals surface area (Å²) in [6.45, 7) is 0.590. The van der Waals surface area contributed by atoms with Crippen LogP contribution in [0.2, 0.25) is 0 Å². The van der Waals surface area contributed by atoms with Gasteiger partial charge in [-0.3, -0.25) is 9.69 Å². The highest BCUT2D eigenvalue weighted by Gasteiger charge is 2.30. The molecule has 1 heterocycles. The van der Waals surface area contributed by atoms with Crippen molar-refractivity contribution in [2.75, 3.05) is 23.9 Å². The largest absolute Gasteiger partial charge is 0.550 e. The Morgan fingerprint density at radius 1 is 1.19 bits per heavy atom. The number of carbonyl (C=O) groups is 3. The zero-order chi connectivity index (χ0) is 18.7. The van der Waals surface area contributed by atoms with Crippen LogP contribution in [0.1, 0.15) is 24.8 Å². The van der Waals surface area contributed by atoms with Gasteiger partial charge >= 0.3 is 6.09 Å². The van der Waals surface area contributed by atoms with Crippen LogP contribution in [0.4, 0.5) is 16.2 Å². The van der Waals surface area contributed by atoms with Crippen molar-refractivity contribution in [2.24, 2.45) is 11.8 Å². The van der Waals surface area contributed by atoms with E-state index in [-0.39, 0.29) is 5.91 Å². The van der Waals surface area contributed by atoms with Gasteiger partial charge in [-0.1, -0.05) is 12.2 Å². The van der Waals surface area contributed by atoms with Crippen LogP contribution in [0.3, 0.4) is 0 Å². The summed E-state index contributed by atoms with van der Waals surface area (Å²) in [5.74, 6) is -2.99. The van der Waals surface area contributed by atoms with Crippen molar-refractivity contribution in [1.29, 1.82) is 0 Å². The normalized spacial score (nSPS) is 21.7. The Hall–Kier alpha value is -2.83. The number of aryl methyl sites for hydroxylation is 1. The minimum atomic E-state index is -1.20. The number of aliphatic carboxylic acids is 1. The van der Waals surface area contributed by atoms with E-state index < -0.39 is 23.9 Å². The first-order chi connectivity index (χ1) is 12.5. The molecule has 0 saturated carbocycles. The number of benzene rings is 1. The molecule has 0 bridgehead atoms. The molecule has 0 saturated heterocycles. The molecular weight excluding hydrogens is 336 g/mol. The zero-order valence-corrected chi connectivity index (χ0v) is 14.6. The predicted octanol–water partition coefficient (Wildman–Crippen LogP) is 1.48. The Labute approximate surface area is 151 Å². The third kappa shape index (κ3) is 3.56. The number of nitrogens with one attached hydrogen (secondary N) is 1. The van der Waals surface area contributed by atoms with Crippen LogP contribution in [0.15, 0.2) is 30.4 Å². The Kier molecular flexibility index (Phi) is 5.25. The van der Waals surface area contributed by atoms with Crippen LogP contribution in [0, 0.1) is 11.8 Å². The van der Waals surface area contributed by atoms with Crippen LogP contribution in [0.5, 0.6) is 0 Å². The summed E-state index contributed by atoms with van der Waals surface area (Å²) in [6, 6.07) is 5.32. The number of methoxy groups -OCH3 is 1. The molecule has 3 rings (SSSR count). The van der Waals surface area contributed by atoms with Gasteiger partial charge in [0, 0.05) is 24.1 Å². The topological polar surface area (TPSA) is 98.8 Å². The Morgan fingerprint density at radius 3 is 2.62 bits per heavy atom. The van der Waals surface area contributed by atoms with Gasteiger partial charge in [-0.05, 0) is 49.4 Å². The van der Waals surface area contributed by atoms with Crippen LogP contribution in [-0.4, -0.2) is 31.6 Å². The molecule has 0 spiro atoms. The Balaban J connectivity index is 1.77. The SMILES string of the molecule is COC(=O)N1CCCc2cc(NC(=O)[C@@H]3CC=CC[C@H]3C(=O)[O-])ccc21. The lowest BCUT2D eigenvalue weighted by Crippen LogP contribution is -2.41. The molecule has 138 valence electrons. The molecule has 0 unspecified atom stereocenters. The lowest BCUT2D eigenvalue weighted by Gasteiger charge is -2.30. The highest BCUT2D eigenvalue weighted by atomic mass is 16.5. The van der Waals surface area contributed by atoms with Crippen molar-refractivity contribution in [3.63, 3.8) is 0 Å². The number of fused-ring (bicyclic) bond motifs is 1. The van der Waals surface area contributed by atoms with E-state index in [1.807, 2.05) is 12.1 Å². The number of carboxylic acid groups (broad SMARTS) is 1. The molecule has 7 nitrogen and oxygen atoms in total. The maximum absolute atomic E-state index is 12.5. The average molecular weight is 357 g/mol. The van der Waals surface area contributed by atoms with Gasteiger partial charge in [0.1, 0.15) is 0 Å². The molecule has 2 atom stereocenters. The van der Waals surface area contributed by atoms with E-state index in [4.69, 9.17) is 4.74 Å². The van der Waals surface area contributed by atoms with Gasteiger partial charge in [0.2, 0.25) is 5.91 Å². The molecule has 26 heavy (non-hydrogen) atoms. The first kappa shape index (κ1) is 18.0. The number of carboxylic acids is 1. The van der Waals surface area contributed by atoms with Crippen molar-refractivity contribution in [3.05, 3.63) is 35.9 Å².